The third kappa shape index (κ3) is 6.60. The van der Waals surface area contributed by atoms with Gasteiger partial charge < -0.3 is 19.5 Å². The molecule has 8 heteroatoms. The van der Waals surface area contributed by atoms with E-state index >= 15 is 0 Å². The lowest BCUT2D eigenvalue weighted by Crippen LogP contribution is -2.29. The van der Waals surface area contributed by atoms with Gasteiger partial charge in [-0.3, -0.25) is 4.79 Å². The van der Waals surface area contributed by atoms with Crippen LogP contribution < -0.4 is 14.8 Å². The van der Waals surface area contributed by atoms with Gasteiger partial charge in [-0.05, 0) is 38.1 Å². The maximum atomic E-state index is 12.6. The monoisotopic (exact) mass is 405 g/mol. The Hall–Kier alpha value is -3.42. The van der Waals surface area contributed by atoms with Crippen molar-refractivity contribution in [3.05, 3.63) is 59.7 Å². The van der Waals surface area contributed by atoms with Gasteiger partial charge in [0.2, 0.25) is 0 Å². The number of hydrogen-bond acceptors (Lipinski definition) is 5. The van der Waals surface area contributed by atoms with Crippen LogP contribution in [0.1, 0.15) is 18.1 Å². The standard InChI is InChI=1S/C21H21F2NO5/c1-13-7-10-16(11-8-13)24-20(26)14(2)28-18(25)12-9-15-5-4-6-17(27-3)19(15)29-21(22)23/h4-12,14,21H,1-3H3,(H,24,26)/b12-9+/t14-/m0/s1. The molecule has 0 aliphatic heterocycles. The van der Waals surface area contributed by atoms with Gasteiger partial charge in [0.25, 0.3) is 5.91 Å². The third-order valence-electron chi connectivity index (χ3n) is 3.82. The number of methoxy groups -OCH3 is 1. The summed E-state index contributed by atoms with van der Waals surface area (Å²) in [5.41, 5.74) is 1.81. The van der Waals surface area contributed by atoms with E-state index in [1.165, 1.54) is 32.2 Å². The van der Waals surface area contributed by atoms with Crippen LogP contribution in [-0.2, 0) is 14.3 Å². The number of carbonyl (C=O) groups is 2. The fourth-order valence-corrected chi connectivity index (χ4v) is 2.35. The number of nitrogens with one attached hydrogen (secondary N) is 1. The van der Waals surface area contributed by atoms with E-state index in [9.17, 15) is 18.4 Å². The largest absolute Gasteiger partial charge is 0.493 e. The van der Waals surface area contributed by atoms with E-state index in [2.05, 4.69) is 10.1 Å². The molecule has 1 atom stereocenters. The number of para-hydroxylation sites is 1. The summed E-state index contributed by atoms with van der Waals surface area (Å²) in [6.07, 6.45) is 1.20. The van der Waals surface area contributed by atoms with Crippen molar-refractivity contribution in [2.24, 2.45) is 0 Å². The highest BCUT2D eigenvalue weighted by molar-refractivity contribution is 5.96. The first-order valence-electron chi connectivity index (χ1n) is 8.68. The van der Waals surface area contributed by atoms with Gasteiger partial charge in [-0.1, -0.05) is 29.8 Å². The minimum atomic E-state index is -3.06. The van der Waals surface area contributed by atoms with Crippen molar-refractivity contribution in [1.82, 2.24) is 0 Å². The Morgan fingerprint density at radius 2 is 1.79 bits per heavy atom. The molecule has 0 bridgehead atoms. The van der Waals surface area contributed by atoms with Gasteiger partial charge in [-0.25, -0.2) is 4.79 Å². The zero-order chi connectivity index (χ0) is 21.4. The van der Waals surface area contributed by atoms with Crippen LogP contribution in [0.15, 0.2) is 48.5 Å². The average molecular weight is 405 g/mol. The molecule has 0 unspecified atom stereocenters. The van der Waals surface area contributed by atoms with Crippen LogP contribution in [0.25, 0.3) is 6.08 Å². The average Bonchev–Trinajstić information content (AvgIpc) is 2.68. The molecule has 29 heavy (non-hydrogen) atoms. The number of carbonyl (C=O) groups excluding carboxylic acids is 2. The molecule has 2 aromatic rings. The van der Waals surface area contributed by atoms with Crippen molar-refractivity contribution < 1.29 is 32.6 Å². The van der Waals surface area contributed by atoms with Crippen molar-refractivity contribution in [3.8, 4) is 11.5 Å². The molecule has 0 aliphatic rings. The Morgan fingerprint density at radius 3 is 2.41 bits per heavy atom. The van der Waals surface area contributed by atoms with Crippen molar-refractivity contribution >= 4 is 23.6 Å². The predicted molar refractivity (Wildman–Crippen MR) is 104 cm³/mol. The summed E-state index contributed by atoms with van der Waals surface area (Å²) >= 11 is 0. The van der Waals surface area contributed by atoms with Gasteiger partial charge in [0, 0.05) is 17.3 Å². The molecule has 6 nitrogen and oxygen atoms in total. The second kappa shape index (κ2) is 10.2. The molecule has 0 aliphatic carbocycles. The van der Waals surface area contributed by atoms with E-state index in [0.29, 0.717) is 5.69 Å². The summed E-state index contributed by atoms with van der Waals surface area (Å²) < 4.78 is 39.8. The maximum Gasteiger partial charge on any atom is 0.387 e. The van der Waals surface area contributed by atoms with Crippen LogP contribution >= 0.6 is 0 Å². The molecule has 0 saturated heterocycles. The highest BCUT2D eigenvalue weighted by Gasteiger charge is 2.17. The Labute approximate surface area is 167 Å². The molecule has 154 valence electrons. The van der Waals surface area contributed by atoms with Gasteiger partial charge in [0.1, 0.15) is 0 Å². The van der Waals surface area contributed by atoms with E-state index in [-0.39, 0.29) is 17.1 Å². The van der Waals surface area contributed by atoms with Crippen LogP contribution in [0, 0.1) is 6.92 Å². The van der Waals surface area contributed by atoms with Crippen molar-refractivity contribution in [3.63, 3.8) is 0 Å². The number of anilines is 1. The molecule has 0 fully saturated rings. The van der Waals surface area contributed by atoms with Crippen molar-refractivity contribution in [2.45, 2.75) is 26.6 Å². The number of amides is 1. The SMILES string of the molecule is COc1cccc(/C=C/C(=O)O[C@@H](C)C(=O)Nc2ccc(C)cc2)c1OC(F)F. The second-order valence-corrected chi connectivity index (χ2v) is 6.02. The van der Waals surface area contributed by atoms with E-state index in [4.69, 9.17) is 9.47 Å². The van der Waals surface area contributed by atoms with E-state index < -0.39 is 24.6 Å². The van der Waals surface area contributed by atoms with Crippen LogP contribution in [0.5, 0.6) is 11.5 Å². The van der Waals surface area contributed by atoms with Gasteiger partial charge in [0.15, 0.2) is 17.6 Å². The first kappa shape index (κ1) is 21.9. The molecule has 0 spiro atoms. The van der Waals surface area contributed by atoms with Crippen LogP contribution in [0.2, 0.25) is 0 Å². The Balaban J connectivity index is 2.01. The number of halogens is 2. The number of hydrogen-bond donors (Lipinski definition) is 1. The van der Waals surface area contributed by atoms with Crippen molar-refractivity contribution in [1.29, 1.82) is 0 Å². The van der Waals surface area contributed by atoms with Crippen molar-refractivity contribution in [2.75, 3.05) is 12.4 Å². The first-order chi connectivity index (χ1) is 13.8. The summed E-state index contributed by atoms with van der Waals surface area (Å²) in [5.74, 6) is -1.44. The van der Waals surface area contributed by atoms with Gasteiger partial charge >= 0.3 is 12.6 Å². The highest BCUT2D eigenvalue weighted by Crippen LogP contribution is 2.33. The summed E-state index contributed by atoms with van der Waals surface area (Å²) in [5, 5.41) is 2.63. The smallest absolute Gasteiger partial charge is 0.387 e. The molecule has 0 aromatic heterocycles. The molecule has 1 N–H and O–H groups in total. The Morgan fingerprint density at radius 1 is 1.10 bits per heavy atom. The quantitative estimate of drug-likeness (QED) is 0.527. The molecule has 2 rings (SSSR count). The number of aryl methyl sites for hydroxylation is 1. The maximum absolute atomic E-state index is 12.6. The molecule has 0 heterocycles. The highest BCUT2D eigenvalue weighted by atomic mass is 19.3. The predicted octanol–water partition coefficient (Wildman–Crippen LogP) is 4.19. The fourth-order valence-electron chi connectivity index (χ4n) is 2.35. The van der Waals surface area contributed by atoms with E-state index in [1.807, 2.05) is 19.1 Å². The molecular weight excluding hydrogens is 384 g/mol. The zero-order valence-corrected chi connectivity index (χ0v) is 16.1. The Bertz CT molecular complexity index is 881. The van der Waals surface area contributed by atoms with Crippen LogP contribution in [-0.4, -0.2) is 31.7 Å². The normalized spacial score (nSPS) is 11.9. The number of rotatable bonds is 8. The lowest BCUT2D eigenvalue weighted by molar-refractivity contribution is -0.148. The molecule has 0 radical (unpaired) electrons. The minimum absolute atomic E-state index is 0.0895. The van der Waals surface area contributed by atoms with Gasteiger partial charge in [0.05, 0.1) is 7.11 Å². The number of esters is 1. The molecule has 0 saturated carbocycles. The summed E-state index contributed by atoms with van der Waals surface area (Å²) in [7, 11) is 1.31. The number of ether oxygens (including phenoxy) is 3. The molecule has 1 amide bonds. The van der Waals surface area contributed by atoms with Gasteiger partial charge in [-0.15, -0.1) is 0 Å². The Kier molecular flexibility index (Phi) is 7.70. The summed E-state index contributed by atoms with van der Waals surface area (Å²) in [6, 6.07) is 11.6. The fraction of sp³-hybridized carbons (Fsp3) is 0.238. The number of alkyl halides is 2. The number of benzene rings is 2. The summed E-state index contributed by atoms with van der Waals surface area (Å²) in [4.78, 5) is 24.1. The first-order valence-corrected chi connectivity index (χ1v) is 8.68. The zero-order valence-electron chi connectivity index (χ0n) is 16.1. The van der Waals surface area contributed by atoms with E-state index in [0.717, 1.165) is 11.6 Å². The van der Waals surface area contributed by atoms with E-state index in [1.54, 1.807) is 18.2 Å². The van der Waals surface area contributed by atoms with Crippen LogP contribution in [0.3, 0.4) is 0 Å². The van der Waals surface area contributed by atoms with Crippen LogP contribution in [0.4, 0.5) is 14.5 Å². The lowest BCUT2D eigenvalue weighted by Gasteiger charge is -2.13. The second-order valence-electron chi connectivity index (χ2n) is 6.02. The molecule has 2 aromatic carbocycles. The summed E-state index contributed by atoms with van der Waals surface area (Å²) in [6.45, 7) is 0.282. The minimum Gasteiger partial charge on any atom is -0.493 e. The topological polar surface area (TPSA) is 73.9 Å². The third-order valence-corrected chi connectivity index (χ3v) is 3.82. The molecular formula is C21H21F2NO5. The lowest BCUT2D eigenvalue weighted by atomic mass is 10.1. The van der Waals surface area contributed by atoms with Gasteiger partial charge in [-0.2, -0.15) is 8.78 Å².